The molecular weight excluding hydrogens is 439 g/mol. The van der Waals surface area contributed by atoms with E-state index >= 15 is 0 Å². The van der Waals surface area contributed by atoms with E-state index in [2.05, 4.69) is 25.5 Å². The third-order valence-electron chi connectivity index (χ3n) is 5.19. The molecule has 12 heteroatoms. The number of aromatic nitrogens is 5. The van der Waals surface area contributed by atoms with Gasteiger partial charge in [-0.3, -0.25) is 4.90 Å². The Morgan fingerprint density at radius 3 is 2.67 bits per heavy atom. The van der Waals surface area contributed by atoms with Crippen molar-refractivity contribution in [3.05, 3.63) is 66.4 Å². The Hall–Kier alpha value is -4.22. The van der Waals surface area contributed by atoms with Crippen LogP contribution in [0.15, 0.2) is 59.7 Å². The number of anilines is 2. The molecule has 9 nitrogen and oxygen atoms in total. The fourth-order valence-electron chi connectivity index (χ4n) is 3.80. The van der Waals surface area contributed by atoms with Crippen molar-refractivity contribution in [1.29, 1.82) is 0 Å². The van der Waals surface area contributed by atoms with Gasteiger partial charge in [0.1, 0.15) is 11.8 Å². The molecule has 0 atom stereocenters. The van der Waals surface area contributed by atoms with Gasteiger partial charge < -0.3 is 9.73 Å². The van der Waals surface area contributed by atoms with E-state index in [1.54, 1.807) is 12.1 Å². The highest BCUT2D eigenvalue weighted by Gasteiger charge is 2.36. The summed E-state index contributed by atoms with van der Waals surface area (Å²) in [5.74, 6) is -0.0413. The van der Waals surface area contributed by atoms with Crippen LogP contribution in [0.4, 0.5) is 29.3 Å². The Morgan fingerprint density at radius 1 is 1.12 bits per heavy atom. The zero-order valence-electron chi connectivity index (χ0n) is 17.0. The molecule has 0 fully saturated rings. The number of nitrogens with one attached hydrogen (secondary N) is 1. The molecule has 0 radical (unpaired) electrons. The van der Waals surface area contributed by atoms with Crippen molar-refractivity contribution < 1.29 is 22.4 Å². The molecule has 0 saturated carbocycles. The lowest BCUT2D eigenvalue weighted by Gasteiger charge is -2.30. The summed E-state index contributed by atoms with van der Waals surface area (Å²) >= 11 is 0. The highest BCUT2D eigenvalue weighted by molar-refractivity contribution is 6.03. The first-order valence-electron chi connectivity index (χ1n) is 9.96. The number of carbonyl (C=O) groups excluding carboxylic acids is 1. The van der Waals surface area contributed by atoms with Gasteiger partial charge in [-0.05, 0) is 36.6 Å². The van der Waals surface area contributed by atoms with Gasteiger partial charge >= 0.3 is 12.2 Å². The first-order chi connectivity index (χ1) is 15.9. The Kier molecular flexibility index (Phi) is 5.04. The lowest BCUT2D eigenvalue weighted by atomic mass is 9.96. The largest absolute Gasteiger partial charge is 0.445 e. The van der Waals surface area contributed by atoms with E-state index in [4.69, 9.17) is 4.42 Å². The Labute approximate surface area is 184 Å². The van der Waals surface area contributed by atoms with Crippen molar-refractivity contribution in [2.45, 2.75) is 19.0 Å². The summed E-state index contributed by atoms with van der Waals surface area (Å²) in [6, 6.07) is 5.66. The number of nitrogens with zero attached hydrogens (tertiary/aromatic N) is 6. The highest BCUT2D eigenvalue weighted by Crippen LogP contribution is 2.36. The summed E-state index contributed by atoms with van der Waals surface area (Å²) in [6.07, 6.45) is 3.30. The zero-order valence-corrected chi connectivity index (χ0v) is 17.0. The predicted molar refractivity (Wildman–Crippen MR) is 111 cm³/mol. The zero-order chi connectivity index (χ0) is 23.0. The highest BCUT2D eigenvalue weighted by atomic mass is 19.4. The van der Waals surface area contributed by atoms with Gasteiger partial charge in [0.15, 0.2) is 5.82 Å². The molecule has 1 aromatic carbocycles. The number of rotatable bonds is 3. The fraction of sp³-hybridized carbons (Fsp3) is 0.190. The quantitative estimate of drug-likeness (QED) is 0.494. The average molecular weight is 455 g/mol. The second-order valence-corrected chi connectivity index (χ2v) is 7.24. The van der Waals surface area contributed by atoms with Gasteiger partial charge in [0.25, 0.3) is 0 Å². The van der Waals surface area contributed by atoms with Crippen LogP contribution in [0.5, 0.6) is 0 Å². The standard InChI is InChI=1S/C21H16F3N7O2/c22-21(23,24)16-11-13(12-26-18(16)31-27-6-7-28-31)29-20(32)30-9-2-4-14-15(3-1-5-17(14)30)19-25-8-10-33-19/h1,3,5-8,10-12H,2,4,9H2,(H,29,32). The SMILES string of the molecule is O=C(Nc1cnc(-n2nccn2)c(C(F)(F)F)c1)N1CCCc2c(-c3ncco3)cccc21. The smallest absolute Gasteiger partial charge is 0.420 e. The molecule has 3 aromatic heterocycles. The van der Waals surface area contributed by atoms with Gasteiger partial charge in [0, 0.05) is 17.8 Å². The van der Waals surface area contributed by atoms with Crippen LogP contribution in [0.3, 0.4) is 0 Å². The molecule has 0 aliphatic carbocycles. The van der Waals surface area contributed by atoms with Gasteiger partial charge in [-0.25, -0.2) is 14.8 Å². The van der Waals surface area contributed by atoms with Crippen molar-refractivity contribution in [2.24, 2.45) is 0 Å². The van der Waals surface area contributed by atoms with Crippen LogP contribution in [-0.2, 0) is 12.6 Å². The molecule has 1 aliphatic rings. The fourth-order valence-corrected chi connectivity index (χ4v) is 3.80. The Morgan fingerprint density at radius 2 is 1.94 bits per heavy atom. The van der Waals surface area contributed by atoms with Crippen LogP contribution in [-0.4, -0.2) is 37.5 Å². The lowest BCUT2D eigenvalue weighted by Crippen LogP contribution is -2.39. The first kappa shape index (κ1) is 20.7. The second kappa shape index (κ2) is 8.04. The molecule has 33 heavy (non-hydrogen) atoms. The molecule has 4 aromatic rings. The summed E-state index contributed by atoms with van der Waals surface area (Å²) < 4.78 is 46.3. The van der Waals surface area contributed by atoms with E-state index < -0.39 is 23.6 Å². The third-order valence-corrected chi connectivity index (χ3v) is 5.19. The summed E-state index contributed by atoms with van der Waals surface area (Å²) in [4.78, 5) is 23.3. The maximum Gasteiger partial charge on any atom is 0.420 e. The maximum atomic E-state index is 13.6. The van der Waals surface area contributed by atoms with Crippen LogP contribution < -0.4 is 10.2 Å². The monoisotopic (exact) mass is 455 g/mol. The average Bonchev–Trinajstić information content (AvgIpc) is 3.52. The summed E-state index contributed by atoms with van der Waals surface area (Å²) in [6.45, 7) is 0.405. The molecule has 168 valence electrons. The third kappa shape index (κ3) is 3.90. The van der Waals surface area contributed by atoms with E-state index in [-0.39, 0.29) is 5.69 Å². The topological polar surface area (TPSA) is 102 Å². The van der Waals surface area contributed by atoms with Crippen LogP contribution in [0, 0.1) is 0 Å². The minimum Gasteiger partial charge on any atom is -0.445 e. The molecule has 0 saturated heterocycles. The number of fused-ring (bicyclic) bond motifs is 1. The molecule has 1 N–H and O–H groups in total. The molecular formula is C21H16F3N7O2. The summed E-state index contributed by atoms with van der Waals surface area (Å²) in [5.41, 5.74) is 1.14. The number of hydrogen-bond acceptors (Lipinski definition) is 6. The van der Waals surface area contributed by atoms with Crippen molar-refractivity contribution in [3.8, 4) is 17.3 Å². The molecule has 2 amide bonds. The number of pyridine rings is 1. The second-order valence-electron chi connectivity index (χ2n) is 7.24. The van der Waals surface area contributed by atoms with E-state index in [1.807, 2.05) is 6.07 Å². The molecule has 4 heterocycles. The number of amides is 2. The first-order valence-corrected chi connectivity index (χ1v) is 9.96. The van der Waals surface area contributed by atoms with Crippen molar-refractivity contribution in [1.82, 2.24) is 25.0 Å². The summed E-state index contributed by atoms with van der Waals surface area (Å²) in [5, 5.41) is 9.95. The number of halogens is 3. The molecule has 0 bridgehead atoms. The van der Waals surface area contributed by atoms with Gasteiger partial charge in [0.2, 0.25) is 5.89 Å². The van der Waals surface area contributed by atoms with Crippen molar-refractivity contribution in [2.75, 3.05) is 16.8 Å². The predicted octanol–water partition coefficient (Wildman–Crippen LogP) is 4.32. The Bertz CT molecular complexity index is 1290. The lowest BCUT2D eigenvalue weighted by molar-refractivity contribution is -0.137. The molecule has 0 spiro atoms. The molecule has 5 rings (SSSR count). The van der Waals surface area contributed by atoms with Crippen molar-refractivity contribution in [3.63, 3.8) is 0 Å². The van der Waals surface area contributed by atoms with Crippen LogP contribution >= 0.6 is 0 Å². The van der Waals surface area contributed by atoms with Crippen LogP contribution in [0.1, 0.15) is 17.5 Å². The minimum atomic E-state index is -4.72. The number of alkyl halides is 3. The van der Waals surface area contributed by atoms with Crippen LogP contribution in [0.2, 0.25) is 0 Å². The van der Waals surface area contributed by atoms with Crippen LogP contribution in [0.25, 0.3) is 17.3 Å². The molecule has 1 aliphatic heterocycles. The summed E-state index contributed by atoms with van der Waals surface area (Å²) in [7, 11) is 0. The Balaban J connectivity index is 1.45. The number of oxazole rings is 1. The number of carbonyl (C=O) groups is 1. The van der Waals surface area contributed by atoms with E-state index in [0.29, 0.717) is 31.0 Å². The van der Waals surface area contributed by atoms with Gasteiger partial charge in [-0.15, -0.1) is 4.80 Å². The van der Waals surface area contributed by atoms with E-state index in [1.165, 1.54) is 29.8 Å². The maximum absolute atomic E-state index is 13.6. The van der Waals surface area contributed by atoms with E-state index in [9.17, 15) is 18.0 Å². The normalized spacial score (nSPS) is 13.6. The minimum absolute atomic E-state index is 0.0980. The van der Waals surface area contributed by atoms with E-state index in [0.717, 1.165) is 28.2 Å². The van der Waals surface area contributed by atoms with Gasteiger partial charge in [0.05, 0.1) is 30.5 Å². The van der Waals surface area contributed by atoms with Gasteiger partial charge in [-0.1, -0.05) is 6.07 Å². The number of benzene rings is 1. The number of urea groups is 1. The number of hydrogen-bond donors (Lipinski definition) is 1. The molecule has 0 unspecified atom stereocenters. The van der Waals surface area contributed by atoms with Crippen molar-refractivity contribution >= 4 is 17.4 Å². The van der Waals surface area contributed by atoms with Gasteiger partial charge in [-0.2, -0.15) is 23.4 Å².